The number of nitrogens with zero attached hydrogens (tertiary/aromatic N) is 2. The second-order valence-electron chi connectivity index (χ2n) is 3.69. The molecule has 0 spiro atoms. The van der Waals surface area contributed by atoms with Gasteiger partial charge < -0.3 is 10.0 Å². The molecule has 5 nitrogen and oxygen atoms in total. The molecule has 0 aliphatic carbocycles. The van der Waals surface area contributed by atoms with Gasteiger partial charge in [-0.1, -0.05) is 23.8 Å². The summed E-state index contributed by atoms with van der Waals surface area (Å²) in [5, 5.41) is 25.1. The molecule has 0 unspecified atom stereocenters. The van der Waals surface area contributed by atoms with Crippen molar-refractivity contribution in [2.75, 3.05) is 0 Å². The Hall–Kier alpha value is -1.66. The molecule has 0 amide bonds. The molecule has 0 atom stereocenters. The van der Waals surface area contributed by atoms with Crippen LogP contribution in [0.3, 0.4) is 0 Å². The van der Waals surface area contributed by atoms with Crippen molar-refractivity contribution in [3.8, 4) is 11.4 Å². The molecule has 3 N–H and O–H groups in total. The first-order chi connectivity index (χ1) is 7.58. The highest BCUT2D eigenvalue weighted by atomic mass is 16.4. The lowest BCUT2D eigenvalue weighted by atomic mass is 9.76. The third kappa shape index (κ3) is 1.98. The Labute approximate surface area is 93.3 Å². The number of benzene rings is 1. The largest absolute Gasteiger partial charge is 0.488 e. The topological polar surface area (TPSA) is 82.0 Å². The van der Waals surface area contributed by atoms with Crippen LogP contribution in [0.5, 0.6) is 0 Å². The summed E-state index contributed by atoms with van der Waals surface area (Å²) in [6, 6.07) is 5.35. The maximum Gasteiger partial charge on any atom is 0.488 e. The lowest BCUT2D eigenvalue weighted by molar-refractivity contribution is 0.425. The summed E-state index contributed by atoms with van der Waals surface area (Å²) >= 11 is 0. The number of aromatic amines is 1. The van der Waals surface area contributed by atoms with Gasteiger partial charge in [-0.25, -0.2) is 4.98 Å². The number of aromatic nitrogens is 3. The molecule has 2 aromatic rings. The van der Waals surface area contributed by atoms with Gasteiger partial charge in [0.25, 0.3) is 0 Å². The summed E-state index contributed by atoms with van der Waals surface area (Å²) in [6.45, 7) is 3.63. The maximum absolute atomic E-state index is 9.19. The second kappa shape index (κ2) is 4.07. The summed E-state index contributed by atoms with van der Waals surface area (Å²) in [4.78, 5) is 4.18. The smallest absolute Gasteiger partial charge is 0.423 e. The van der Waals surface area contributed by atoms with E-state index in [1.807, 2.05) is 26.0 Å². The van der Waals surface area contributed by atoms with Gasteiger partial charge in [0, 0.05) is 5.56 Å². The molecule has 6 heteroatoms. The Morgan fingerprint density at radius 3 is 2.56 bits per heavy atom. The summed E-state index contributed by atoms with van der Waals surface area (Å²) < 4.78 is 0. The van der Waals surface area contributed by atoms with E-state index in [1.165, 1.54) is 0 Å². The van der Waals surface area contributed by atoms with Crippen LogP contribution in [0, 0.1) is 13.8 Å². The first-order valence-electron chi connectivity index (χ1n) is 4.94. The molecule has 2 rings (SSSR count). The van der Waals surface area contributed by atoms with E-state index in [9.17, 15) is 10.0 Å². The highest BCUT2D eigenvalue weighted by molar-refractivity contribution is 6.59. The zero-order valence-electron chi connectivity index (χ0n) is 9.10. The fourth-order valence-electron chi connectivity index (χ4n) is 1.53. The fourth-order valence-corrected chi connectivity index (χ4v) is 1.53. The van der Waals surface area contributed by atoms with Crippen LogP contribution in [0.25, 0.3) is 11.4 Å². The zero-order chi connectivity index (χ0) is 11.7. The van der Waals surface area contributed by atoms with Crippen molar-refractivity contribution < 1.29 is 10.0 Å². The molecule has 1 heterocycles. The molecule has 0 saturated heterocycles. The molecule has 1 aromatic heterocycles. The van der Waals surface area contributed by atoms with Crippen LogP contribution >= 0.6 is 0 Å². The van der Waals surface area contributed by atoms with Gasteiger partial charge in [-0.2, -0.15) is 5.10 Å². The van der Waals surface area contributed by atoms with Gasteiger partial charge in [-0.15, -0.1) is 0 Å². The predicted octanol–water partition coefficient (Wildman–Crippen LogP) is -0.232. The van der Waals surface area contributed by atoms with Gasteiger partial charge in [0.1, 0.15) is 5.82 Å². The van der Waals surface area contributed by atoms with Gasteiger partial charge in [-0.05, 0) is 19.3 Å². The number of aryl methyl sites for hydroxylation is 2. The highest BCUT2D eigenvalue weighted by Gasteiger charge is 2.15. The van der Waals surface area contributed by atoms with Gasteiger partial charge in [0.2, 0.25) is 0 Å². The van der Waals surface area contributed by atoms with Crippen LogP contribution in [-0.2, 0) is 0 Å². The molecule has 0 radical (unpaired) electrons. The lowest BCUT2D eigenvalue weighted by Crippen LogP contribution is -2.32. The quantitative estimate of drug-likeness (QED) is 0.606. The number of H-pyrrole nitrogens is 1. The van der Waals surface area contributed by atoms with Crippen molar-refractivity contribution in [1.82, 2.24) is 15.2 Å². The first kappa shape index (κ1) is 10.8. The Balaban J connectivity index is 2.47. The molecular weight excluding hydrogens is 205 g/mol. The molecular formula is C10H12BN3O2. The van der Waals surface area contributed by atoms with E-state index in [1.54, 1.807) is 6.07 Å². The maximum atomic E-state index is 9.19. The van der Waals surface area contributed by atoms with E-state index in [2.05, 4.69) is 15.2 Å². The Morgan fingerprint density at radius 2 is 2.00 bits per heavy atom. The first-order valence-corrected chi connectivity index (χ1v) is 4.94. The number of rotatable bonds is 2. The zero-order valence-corrected chi connectivity index (χ0v) is 9.10. The number of hydrogen-bond donors (Lipinski definition) is 3. The van der Waals surface area contributed by atoms with Gasteiger partial charge >= 0.3 is 7.12 Å². The van der Waals surface area contributed by atoms with Crippen LogP contribution in [-0.4, -0.2) is 32.3 Å². The van der Waals surface area contributed by atoms with E-state index in [4.69, 9.17) is 0 Å². The summed E-state index contributed by atoms with van der Waals surface area (Å²) in [5.74, 6) is 1.28. The summed E-state index contributed by atoms with van der Waals surface area (Å²) in [5.41, 5.74) is 2.06. The summed E-state index contributed by atoms with van der Waals surface area (Å²) in [7, 11) is -1.47. The Bertz CT molecular complexity index is 511. The molecule has 0 fully saturated rings. The molecule has 82 valence electrons. The van der Waals surface area contributed by atoms with E-state index < -0.39 is 7.12 Å². The SMILES string of the molecule is Cc1nc(-c2ccc(C)c(B(O)O)c2)n[nH]1. The minimum absolute atomic E-state index is 0.472. The van der Waals surface area contributed by atoms with Crippen molar-refractivity contribution in [3.05, 3.63) is 29.6 Å². The Morgan fingerprint density at radius 1 is 1.25 bits per heavy atom. The van der Waals surface area contributed by atoms with Crippen LogP contribution in [0.4, 0.5) is 0 Å². The minimum atomic E-state index is -1.47. The third-order valence-corrected chi connectivity index (χ3v) is 2.41. The second-order valence-corrected chi connectivity index (χ2v) is 3.69. The normalized spacial score (nSPS) is 10.5. The number of hydrogen-bond acceptors (Lipinski definition) is 4. The molecule has 0 bridgehead atoms. The lowest BCUT2D eigenvalue weighted by Gasteiger charge is -2.05. The minimum Gasteiger partial charge on any atom is -0.423 e. The van der Waals surface area contributed by atoms with Gasteiger partial charge in [0.05, 0.1) is 0 Å². The standard InChI is InChI=1S/C10H12BN3O2/c1-6-3-4-8(5-9(6)11(15)16)10-12-7(2)13-14-10/h3-5,15-16H,1-2H3,(H,12,13,14). The third-order valence-electron chi connectivity index (χ3n) is 2.41. The molecule has 16 heavy (non-hydrogen) atoms. The van der Waals surface area contributed by atoms with Crippen LogP contribution in [0.1, 0.15) is 11.4 Å². The predicted molar refractivity (Wildman–Crippen MR) is 61.1 cm³/mol. The van der Waals surface area contributed by atoms with Crippen LogP contribution in [0.2, 0.25) is 0 Å². The molecule has 0 saturated carbocycles. The fraction of sp³-hybridized carbons (Fsp3) is 0.200. The highest BCUT2D eigenvalue weighted by Crippen LogP contribution is 2.14. The summed E-state index contributed by atoms with van der Waals surface area (Å²) in [6.07, 6.45) is 0. The van der Waals surface area contributed by atoms with E-state index in [0.717, 1.165) is 17.0 Å². The molecule has 1 aromatic carbocycles. The van der Waals surface area contributed by atoms with E-state index >= 15 is 0 Å². The van der Waals surface area contributed by atoms with Crippen molar-refractivity contribution in [1.29, 1.82) is 0 Å². The average Bonchev–Trinajstić information content (AvgIpc) is 2.65. The van der Waals surface area contributed by atoms with Gasteiger partial charge in [-0.3, -0.25) is 5.10 Å². The monoisotopic (exact) mass is 217 g/mol. The average molecular weight is 217 g/mol. The Kier molecular flexibility index (Phi) is 2.76. The van der Waals surface area contributed by atoms with Crippen molar-refractivity contribution >= 4 is 12.6 Å². The molecule has 0 aliphatic heterocycles. The van der Waals surface area contributed by atoms with Gasteiger partial charge in [0.15, 0.2) is 5.82 Å². The van der Waals surface area contributed by atoms with E-state index in [-0.39, 0.29) is 0 Å². The van der Waals surface area contributed by atoms with Crippen molar-refractivity contribution in [3.63, 3.8) is 0 Å². The van der Waals surface area contributed by atoms with Crippen molar-refractivity contribution in [2.45, 2.75) is 13.8 Å². The van der Waals surface area contributed by atoms with E-state index in [0.29, 0.717) is 11.3 Å². The van der Waals surface area contributed by atoms with Crippen LogP contribution in [0.15, 0.2) is 18.2 Å². The molecule has 0 aliphatic rings. The van der Waals surface area contributed by atoms with Crippen LogP contribution < -0.4 is 5.46 Å². The van der Waals surface area contributed by atoms with Crippen molar-refractivity contribution in [2.24, 2.45) is 0 Å². The number of nitrogens with one attached hydrogen (secondary N) is 1.